The number of nitro benzene ring substituents is 1. The van der Waals surface area contributed by atoms with E-state index < -0.39 is 4.92 Å². The zero-order valence-corrected chi connectivity index (χ0v) is 8.26. The van der Waals surface area contributed by atoms with Gasteiger partial charge in [-0.05, 0) is 12.1 Å². The van der Waals surface area contributed by atoms with Crippen molar-refractivity contribution in [3.8, 4) is 5.69 Å². The average Bonchev–Trinajstić information content (AvgIpc) is 2.71. The van der Waals surface area contributed by atoms with Gasteiger partial charge in [-0.3, -0.25) is 10.1 Å². The molecule has 0 aliphatic rings. The van der Waals surface area contributed by atoms with E-state index >= 15 is 0 Å². The summed E-state index contributed by atoms with van der Waals surface area (Å²) in [5.74, 6) is 0. The number of benzene rings is 1. The summed E-state index contributed by atoms with van der Waals surface area (Å²) in [5.41, 5.74) is 0.548. The molecule has 5 nitrogen and oxygen atoms in total. The molecule has 76 valence electrons. The number of hydrogen-bond donors (Lipinski definition) is 0. The van der Waals surface area contributed by atoms with E-state index in [1.165, 1.54) is 12.1 Å². The predicted molar refractivity (Wildman–Crippen MR) is 55.2 cm³/mol. The topological polar surface area (TPSA) is 61.0 Å². The zero-order valence-electron chi connectivity index (χ0n) is 7.50. The Labute approximate surface area is 90.1 Å². The Hall–Kier alpha value is -1.88. The Morgan fingerprint density at radius 1 is 1.47 bits per heavy atom. The van der Waals surface area contributed by atoms with Crippen molar-refractivity contribution in [1.82, 2.24) is 9.55 Å². The third kappa shape index (κ3) is 1.82. The largest absolute Gasteiger partial charge is 0.306 e. The maximum absolute atomic E-state index is 10.6. The molecule has 0 aliphatic carbocycles. The van der Waals surface area contributed by atoms with Crippen LogP contribution in [0, 0.1) is 10.1 Å². The molecule has 0 amide bonds. The first-order chi connectivity index (χ1) is 7.18. The molecule has 0 N–H and O–H groups in total. The summed E-state index contributed by atoms with van der Waals surface area (Å²) in [6, 6.07) is 4.59. The van der Waals surface area contributed by atoms with Gasteiger partial charge in [0.05, 0.1) is 16.9 Å². The average molecular weight is 224 g/mol. The van der Waals surface area contributed by atoms with E-state index in [1.54, 1.807) is 29.4 Å². The lowest BCUT2D eigenvalue weighted by atomic mass is 10.3. The van der Waals surface area contributed by atoms with Crippen LogP contribution in [0.2, 0.25) is 5.02 Å². The van der Waals surface area contributed by atoms with Crippen molar-refractivity contribution in [2.24, 2.45) is 0 Å². The summed E-state index contributed by atoms with van der Waals surface area (Å²) < 4.78 is 1.67. The lowest BCUT2D eigenvalue weighted by Gasteiger charge is -2.02. The highest BCUT2D eigenvalue weighted by Gasteiger charge is 2.12. The fourth-order valence-corrected chi connectivity index (χ4v) is 1.40. The van der Waals surface area contributed by atoms with E-state index in [0.717, 1.165) is 0 Å². The standard InChI is InChI=1S/C9H6ClN3O2/c10-8-2-1-7(5-9(8)13(14)15)12-4-3-11-6-12/h1-6H. The molecule has 1 aromatic carbocycles. The highest BCUT2D eigenvalue weighted by molar-refractivity contribution is 6.32. The van der Waals surface area contributed by atoms with E-state index in [9.17, 15) is 10.1 Å². The Morgan fingerprint density at radius 2 is 2.27 bits per heavy atom. The smallest absolute Gasteiger partial charge is 0.289 e. The van der Waals surface area contributed by atoms with Gasteiger partial charge in [0.15, 0.2) is 0 Å². The SMILES string of the molecule is O=[N+]([O-])c1cc(-n2ccnc2)ccc1Cl. The van der Waals surface area contributed by atoms with Crippen LogP contribution in [0.4, 0.5) is 5.69 Å². The van der Waals surface area contributed by atoms with Crippen molar-refractivity contribution in [2.45, 2.75) is 0 Å². The van der Waals surface area contributed by atoms with Crippen LogP contribution >= 0.6 is 11.6 Å². The molecule has 1 aromatic heterocycles. The van der Waals surface area contributed by atoms with Crippen LogP contribution < -0.4 is 0 Å². The summed E-state index contributed by atoms with van der Waals surface area (Å²) in [6.07, 6.45) is 4.86. The molecular formula is C9H6ClN3O2. The minimum absolute atomic E-state index is 0.108. The molecule has 6 heteroatoms. The van der Waals surface area contributed by atoms with E-state index in [-0.39, 0.29) is 10.7 Å². The predicted octanol–water partition coefficient (Wildman–Crippen LogP) is 2.43. The van der Waals surface area contributed by atoms with Crippen LogP contribution in [0.1, 0.15) is 0 Å². The van der Waals surface area contributed by atoms with Gasteiger partial charge in [0.1, 0.15) is 5.02 Å². The second kappa shape index (κ2) is 3.70. The number of nitro groups is 1. The summed E-state index contributed by atoms with van der Waals surface area (Å²) in [7, 11) is 0. The summed E-state index contributed by atoms with van der Waals surface area (Å²) in [4.78, 5) is 14.0. The molecule has 0 bridgehead atoms. The first-order valence-corrected chi connectivity index (χ1v) is 4.48. The molecular weight excluding hydrogens is 218 g/mol. The van der Waals surface area contributed by atoms with E-state index in [4.69, 9.17) is 11.6 Å². The van der Waals surface area contributed by atoms with Gasteiger partial charge in [-0.1, -0.05) is 11.6 Å². The third-order valence-electron chi connectivity index (χ3n) is 1.93. The maximum atomic E-state index is 10.6. The molecule has 1 heterocycles. The van der Waals surface area contributed by atoms with Crippen LogP contribution in [0.5, 0.6) is 0 Å². The molecule has 0 saturated carbocycles. The van der Waals surface area contributed by atoms with Crippen LogP contribution in [0.3, 0.4) is 0 Å². The second-order valence-corrected chi connectivity index (χ2v) is 3.27. The van der Waals surface area contributed by atoms with Crippen molar-refractivity contribution < 1.29 is 4.92 Å². The fraction of sp³-hybridized carbons (Fsp3) is 0. The Morgan fingerprint density at radius 3 is 2.87 bits per heavy atom. The molecule has 0 unspecified atom stereocenters. The first kappa shape index (κ1) is 9.67. The number of halogens is 1. The lowest BCUT2D eigenvalue weighted by molar-refractivity contribution is -0.384. The van der Waals surface area contributed by atoms with Gasteiger partial charge in [-0.2, -0.15) is 0 Å². The third-order valence-corrected chi connectivity index (χ3v) is 2.25. The molecule has 0 aliphatic heterocycles. The van der Waals surface area contributed by atoms with Crippen molar-refractivity contribution in [2.75, 3.05) is 0 Å². The molecule has 0 spiro atoms. The quantitative estimate of drug-likeness (QED) is 0.580. The lowest BCUT2D eigenvalue weighted by Crippen LogP contribution is -1.94. The van der Waals surface area contributed by atoms with Gasteiger partial charge >= 0.3 is 0 Å². The molecule has 2 aromatic rings. The van der Waals surface area contributed by atoms with Crippen molar-refractivity contribution in [3.63, 3.8) is 0 Å². The summed E-state index contributed by atoms with van der Waals surface area (Å²) >= 11 is 5.69. The zero-order chi connectivity index (χ0) is 10.8. The van der Waals surface area contributed by atoms with Gasteiger partial charge in [-0.25, -0.2) is 4.98 Å². The van der Waals surface area contributed by atoms with E-state index in [1.807, 2.05) is 0 Å². The molecule has 0 radical (unpaired) electrons. The molecule has 0 saturated heterocycles. The van der Waals surface area contributed by atoms with Crippen molar-refractivity contribution in [1.29, 1.82) is 0 Å². The summed E-state index contributed by atoms with van der Waals surface area (Å²) in [6.45, 7) is 0. The first-order valence-electron chi connectivity index (χ1n) is 4.11. The normalized spacial score (nSPS) is 10.2. The molecule has 2 rings (SSSR count). The van der Waals surface area contributed by atoms with Gasteiger partial charge in [-0.15, -0.1) is 0 Å². The minimum Gasteiger partial charge on any atom is -0.306 e. The van der Waals surface area contributed by atoms with Crippen LogP contribution in [-0.2, 0) is 0 Å². The highest BCUT2D eigenvalue weighted by atomic mass is 35.5. The monoisotopic (exact) mass is 223 g/mol. The number of aromatic nitrogens is 2. The van der Waals surface area contributed by atoms with Gasteiger partial charge in [0.2, 0.25) is 0 Å². The van der Waals surface area contributed by atoms with Gasteiger partial charge in [0, 0.05) is 18.5 Å². The van der Waals surface area contributed by atoms with E-state index in [0.29, 0.717) is 5.69 Å². The van der Waals surface area contributed by atoms with Crippen LogP contribution in [0.15, 0.2) is 36.9 Å². The van der Waals surface area contributed by atoms with Gasteiger partial charge < -0.3 is 4.57 Å². The number of rotatable bonds is 2. The van der Waals surface area contributed by atoms with Crippen molar-refractivity contribution >= 4 is 17.3 Å². The number of hydrogen-bond acceptors (Lipinski definition) is 3. The van der Waals surface area contributed by atoms with Gasteiger partial charge in [0.25, 0.3) is 5.69 Å². The summed E-state index contributed by atoms with van der Waals surface area (Å²) in [5, 5.41) is 10.8. The fourth-order valence-electron chi connectivity index (χ4n) is 1.21. The van der Waals surface area contributed by atoms with Crippen molar-refractivity contribution in [3.05, 3.63) is 52.1 Å². The maximum Gasteiger partial charge on any atom is 0.289 e. The molecule has 15 heavy (non-hydrogen) atoms. The van der Waals surface area contributed by atoms with Crippen LogP contribution in [-0.4, -0.2) is 14.5 Å². The Bertz CT molecular complexity index is 496. The second-order valence-electron chi connectivity index (χ2n) is 2.86. The van der Waals surface area contributed by atoms with Crippen LogP contribution in [0.25, 0.3) is 5.69 Å². The highest BCUT2D eigenvalue weighted by Crippen LogP contribution is 2.26. The Balaban J connectivity index is 2.52. The molecule has 0 atom stereocenters. The number of imidazole rings is 1. The Kier molecular flexibility index (Phi) is 2.39. The minimum atomic E-state index is -0.511. The van der Waals surface area contributed by atoms with E-state index in [2.05, 4.69) is 4.98 Å². The number of nitrogens with zero attached hydrogens (tertiary/aromatic N) is 3. The molecule has 0 fully saturated rings.